The average molecular weight is 960 g/mol. The van der Waals surface area contributed by atoms with E-state index in [-0.39, 0.29) is 6.71 Å². The molecule has 3 nitrogen and oxygen atoms in total. The molecule has 17 rings (SSSR count). The fourth-order valence-corrected chi connectivity index (χ4v) is 17.4. The van der Waals surface area contributed by atoms with Crippen LogP contribution in [0.5, 0.6) is 0 Å². The minimum absolute atomic E-state index is 0.0230. The summed E-state index contributed by atoms with van der Waals surface area (Å²) in [6.07, 6.45) is 8.52. The van der Waals surface area contributed by atoms with Gasteiger partial charge in [-0.2, -0.15) is 0 Å². The molecule has 0 N–H and O–H groups in total. The molecule has 72 heavy (non-hydrogen) atoms. The van der Waals surface area contributed by atoms with E-state index >= 15 is 0 Å². The van der Waals surface area contributed by atoms with Crippen molar-refractivity contribution in [2.75, 3.05) is 14.7 Å². The molecule has 6 aliphatic rings. The third-order valence-corrected chi connectivity index (χ3v) is 19.8. The summed E-state index contributed by atoms with van der Waals surface area (Å²) >= 11 is 3.89. The van der Waals surface area contributed by atoms with Crippen LogP contribution in [0.25, 0.3) is 41.4 Å². The number of nitrogens with zero attached hydrogens (tertiary/aromatic N) is 3. The Labute approximate surface area is 429 Å². The fraction of sp³-hybridized carbons (Fsp3) is 0.152. The lowest BCUT2D eigenvalue weighted by atomic mass is 9.36. The Bertz CT molecular complexity index is 3920. The van der Waals surface area contributed by atoms with Crippen molar-refractivity contribution in [1.29, 1.82) is 0 Å². The zero-order chi connectivity index (χ0) is 47.1. The molecule has 4 heterocycles. The lowest BCUT2D eigenvalue weighted by molar-refractivity contribution is -0.00518. The zero-order valence-electron chi connectivity index (χ0n) is 39.9. The first kappa shape index (κ1) is 41.3. The smallest absolute Gasteiger partial charge is 0.264 e. The molecule has 0 saturated heterocycles. The van der Waals surface area contributed by atoms with Crippen LogP contribution in [0.1, 0.15) is 44.1 Å². The van der Waals surface area contributed by atoms with Crippen LogP contribution < -0.4 is 30.4 Å². The van der Waals surface area contributed by atoms with E-state index in [4.69, 9.17) is 0 Å². The molecule has 0 radical (unpaired) electrons. The van der Waals surface area contributed by atoms with E-state index in [1.807, 2.05) is 22.7 Å². The van der Waals surface area contributed by atoms with Crippen molar-refractivity contribution >= 4 is 127 Å². The van der Waals surface area contributed by atoms with Gasteiger partial charge in [-0.15, -0.1) is 22.7 Å². The molecular weight excluding hydrogens is 910 g/mol. The second-order valence-corrected chi connectivity index (χ2v) is 23.6. The maximum Gasteiger partial charge on any atom is 0.264 e. The predicted molar refractivity (Wildman–Crippen MR) is 309 cm³/mol. The second-order valence-electron chi connectivity index (χ2n) is 21.4. The number of hydrogen-bond donors (Lipinski definition) is 0. The largest absolute Gasteiger partial charge is 0.310 e. The van der Waals surface area contributed by atoms with E-state index in [9.17, 15) is 0 Å². The van der Waals surface area contributed by atoms with Gasteiger partial charge in [-0.05, 0) is 157 Å². The van der Waals surface area contributed by atoms with Crippen LogP contribution in [-0.2, 0) is 5.41 Å². The molecule has 4 saturated carbocycles. The molecule has 0 spiro atoms. The first-order valence-corrected chi connectivity index (χ1v) is 27.7. The first-order chi connectivity index (χ1) is 35.6. The molecular formula is C66H50BN3S2. The Morgan fingerprint density at radius 1 is 0.472 bits per heavy atom. The molecule has 2 aromatic heterocycles. The molecule has 0 amide bonds. The number of benzene rings is 9. The third kappa shape index (κ3) is 6.09. The van der Waals surface area contributed by atoms with Gasteiger partial charge in [0.25, 0.3) is 6.71 Å². The molecule has 2 aliphatic heterocycles. The van der Waals surface area contributed by atoms with Gasteiger partial charge in [-0.3, -0.25) is 0 Å². The normalized spacial score (nSPS) is 20.3. The van der Waals surface area contributed by atoms with Gasteiger partial charge in [0.1, 0.15) is 0 Å². The van der Waals surface area contributed by atoms with Gasteiger partial charge in [-0.1, -0.05) is 140 Å². The fourth-order valence-electron chi connectivity index (χ4n) is 14.9. The summed E-state index contributed by atoms with van der Waals surface area (Å²) in [4.78, 5) is 7.74. The van der Waals surface area contributed by atoms with E-state index in [0.717, 1.165) is 34.8 Å². The van der Waals surface area contributed by atoms with Crippen molar-refractivity contribution in [3.05, 3.63) is 218 Å². The van der Waals surface area contributed by atoms with Crippen molar-refractivity contribution in [1.82, 2.24) is 0 Å². The van der Waals surface area contributed by atoms with Crippen LogP contribution in [0.3, 0.4) is 0 Å². The van der Waals surface area contributed by atoms with Gasteiger partial charge < -0.3 is 14.7 Å². The number of thiophene rings is 2. The summed E-state index contributed by atoms with van der Waals surface area (Å²) in [7, 11) is 0. The van der Waals surface area contributed by atoms with Crippen molar-refractivity contribution in [3.63, 3.8) is 0 Å². The topological polar surface area (TPSA) is 9.72 Å². The zero-order valence-corrected chi connectivity index (χ0v) is 41.6. The van der Waals surface area contributed by atoms with Crippen molar-refractivity contribution in [3.8, 4) is 11.1 Å². The maximum atomic E-state index is 2.64. The Morgan fingerprint density at radius 2 is 1.08 bits per heavy atom. The number of rotatable bonds is 7. The van der Waals surface area contributed by atoms with Crippen molar-refractivity contribution in [2.45, 2.75) is 43.9 Å². The van der Waals surface area contributed by atoms with E-state index in [1.165, 1.54) is 130 Å². The SMILES string of the molecule is c1ccc(-c2ccccc2N(c2ccccc2)c2ccc3c(c2)N(c2cccc4c2sc2ccccc24)c2cccc4c2B3c2sc3ccccc3c2N4c2ccc(C34CC5CC(CC(C5)C3)C4)cc2)cc1. The molecule has 0 atom stereocenters. The Kier molecular flexibility index (Phi) is 9.06. The number of anilines is 9. The highest BCUT2D eigenvalue weighted by Crippen LogP contribution is 2.61. The number of fused-ring (bicyclic) bond motifs is 9. The van der Waals surface area contributed by atoms with Crippen LogP contribution in [0.4, 0.5) is 51.2 Å². The van der Waals surface area contributed by atoms with Crippen molar-refractivity contribution < 1.29 is 0 Å². The Morgan fingerprint density at radius 3 is 1.85 bits per heavy atom. The summed E-state index contributed by atoms with van der Waals surface area (Å²) < 4.78 is 5.35. The van der Waals surface area contributed by atoms with Crippen LogP contribution in [0.2, 0.25) is 0 Å². The van der Waals surface area contributed by atoms with Gasteiger partial charge >= 0.3 is 0 Å². The monoisotopic (exact) mass is 959 g/mol. The van der Waals surface area contributed by atoms with Gasteiger partial charge in [-0.25, -0.2) is 0 Å². The van der Waals surface area contributed by atoms with Gasteiger partial charge in [0.05, 0.1) is 21.8 Å². The molecule has 4 fully saturated rings. The van der Waals surface area contributed by atoms with E-state index in [1.54, 1.807) is 5.56 Å². The Hall–Kier alpha value is -7.38. The highest BCUT2D eigenvalue weighted by atomic mass is 32.1. The Balaban J connectivity index is 0.936. The van der Waals surface area contributed by atoms with Crippen LogP contribution in [-0.4, -0.2) is 6.71 Å². The van der Waals surface area contributed by atoms with E-state index in [2.05, 4.69) is 227 Å². The number of hydrogen-bond acceptors (Lipinski definition) is 5. The number of para-hydroxylation sites is 2. The van der Waals surface area contributed by atoms with Crippen LogP contribution in [0, 0.1) is 17.8 Å². The second kappa shape index (κ2) is 15.8. The maximum absolute atomic E-state index is 2.64. The minimum Gasteiger partial charge on any atom is -0.310 e. The molecule has 6 heteroatoms. The summed E-state index contributed by atoms with van der Waals surface area (Å²) in [5, 5.41) is 3.93. The highest BCUT2D eigenvalue weighted by molar-refractivity contribution is 7.33. The lowest BCUT2D eigenvalue weighted by Gasteiger charge is -2.57. The molecule has 344 valence electrons. The average Bonchev–Trinajstić information content (AvgIpc) is 4.01. The van der Waals surface area contributed by atoms with Gasteiger partial charge in [0, 0.05) is 70.0 Å². The summed E-state index contributed by atoms with van der Waals surface area (Å²) in [6.45, 7) is 0.0230. The minimum atomic E-state index is 0.0230. The van der Waals surface area contributed by atoms with E-state index < -0.39 is 0 Å². The summed E-state index contributed by atoms with van der Waals surface area (Å²) in [6, 6.07) is 80.2. The lowest BCUT2D eigenvalue weighted by Crippen LogP contribution is -2.60. The highest BCUT2D eigenvalue weighted by Gasteiger charge is 2.52. The van der Waals surface area contributed by atoms with Gasteiger partial charge in [0.2, 0.25) is 0 Å². The van der Waals surface area contributed by atoms with Crippen molar-refractivity contribution in [2.24, 2.45) is 17.8 Å². The predicted octanol–water partition coefficient (Wildman–Crippen LogP) is 17.0. The molecule has 4 bridgehead atoms. The molecule has 4 aliphatic carbocycles. The quantitative estimate of drug-likeness (QED) is 0.147. The van der Waals surface area contributed by atoms with Gasteiger partial charge in [0.15, 0.2) is 0 Å². The summed E-state index contributed by atoms with van der Waals surface area (Å²) in [5.41, 5.74) is 17.9. The molecule has 9 aromatic carbocycles. The standard InChI is InChI=1S/C66H50BN3S2/c1-3-15-45(16-4-1)50-19-7-10-23-55(50)68(47-17-5-2-6-18-47)49-33-34-54-59(38-49)70(58-26-13-22-52-51-20-8-11-27-60(51)71-64(52)58)57-25-14-24-56-62(57)67(54)65-63(53-21-9-12-28-61(53)72-65)69(56)48-31-29-46(30-32-48)66-39-42-35-43(40-66)37-44(36-42)41-66/h1-34,38,42-44H,35-37,39-41H2. The molecule has 11 aromatic rings. The summed E-state index contributed by atoms with van der Waals surface area (Å²) in [5.74, 6) is 2.74. The third-order valence-electron chi connectivity index (χ3n) is 17.4. The van der Waals surface area contributed by atoms with Crippen LogP contribution >= 0.6 is 22.7 Å². The van der Waals surface area contributed by atoms with E-state index in [0.29, 0.717) is 5.41 Å². The first-order valence-electron chi connectivity index (χ1n) is 26.0. The van der Waals surface area contributed by atoms with Crippen LogP contribution in [0.15, 0.2) is 212 Å². The molecule has 0 unspecified atom stereocenters.